The van der Waals surface area contributed by atoms with Crippen LogP contribution in [0.1, 0.15) is 11.4 Å². The number of thioether (sulfide) groups is 1. The van der Waals surface area contributed by atoms with Crippen LogP contribution >= 0.6 is 23.4 Å². The number of nitrogens with zero attached hydrogens (tertiary/aromatic N) is 5. The van der Waals surface area contributed by atoms with Crippen LogP contribution in [0, 0.1) is 6.92 Å². The van der Waals surface area contributed by atoms with E-state index in [1.807, 2.05) is 84.3 Å². The average molecular weight is 474 g/mol. The first-order valence-electron chi connectivity index (χ1n) is 10.3. The molecule has 0 bridgehead atoms. The molecule has 0 amide bonds. The highest BCUT2D eigenvalue weighted by molar-refractivity contribution is 7.98. The molecule has 0 N–H and O–H groups in total. The fourth-order valence-electron chi connectivity index (χ4n) is 3.58. The molecule has 0 unspecified atom stereocenters. The van der Waals surface area contributed by atoms with Crippen LogP contribution in [-0.4, -0.2) is 31.8 Å². The molecule has 0 radical (unpaired) electrons. The first kappa shape index (κ1) is 21.4. The van der Waals surface area contributed by atoms with Crippen LogP contribution in [0.15, 0.2) is 78.0 Å². The molecule has 0 fully saturated rings. The third-order valence-corrected chi connectivity index (χ3v) is 6.44. The lowest BCUT2D eigenvalue weighted by Gasteiger charge is -2.13. The lowest BCUT2D eigenvalue weighted by molar-refractivity contribution is 0.416. The van der Waals surface area contributed by atoms with Crippen LogP contribution in [0.5, 0.6) is 5.75 Å². The molecule has 0 aliphatic heterocycles. The van der Waals surface area contributed by atoms with Crippen LogP contribution < -0.4 is 4.74 Å². The van der Waals surface area contributed by atoms with Crippen LogP contribution in [0.2, 0.25) is 5.02 Å². The Morgan fingerprint density at radius 3 is 2.33 bits per heavy atom. The van der Waals surface area contributed by atoms with Gasteiger partial charge in [0.05, 0.1) is 35.1 Å². The van der Waals surface area contributed by atoms with Gasteiger partial charge in [-0.15, -0.1) is 10.2 Å². The van der Waals surface area contributed by atoms with Gasteiger partial charge in [-0.2, -0.15) is 0 Å². The molecule has 33 heavy (non-hydrogen) atoms. The first-order valence-corrected chi connectivity index (χ1v) is 11.7. The Morgan fingerprint density at radius 1 is 0.879 bits per heavy atom. The zero-order valence-corrected chi connectivity index (χ0v) is 19.6. The number of halogens is 1. The molecule has 5 rings (SSSR count). The van der Waals surface area contributed by atoms with Gasteiger partial charge in [-0.05, 0) is 55.5 Å². The van der Waals surface area contributed by atoms with Crippen molar-refractivity contribution in [3.8, 4) is 22.8 Å². The van der Waals surface area contributed by atoms with Crippen LogP contribution in [0.4, 0.5) is 0 Å². The maximum atomic E-state index is 6.14. The summed E-state index contributed by atoms with van der Waals surface area (Å²) in [5.74, 6) is 2.04. The number of aromatic nitrogens is 5. The highest BCUT2D eigenvalue weighted by atomic mass is 35.5. The molecule has 0 saturated heterocycles. The van der Waals surface area contributed by atoms with Crippen molar-refractivity contribution in [2.45, 2.75) is 17.8 Å². The summed E-state index contributed by atoms with van der Waals surface area (Å²) in [6.07, 6.45) is 0. The third-order valence-electron chi connectivity index (χ3n) is 5.25. The minimum absolute atomic E-state index is 0.612. The number of aryl methyl sites for hydroxylation is 1. The van der Waals surface area contributed by atoms with Crippen molar-refractivity contribution in [2.24, 2.45) is 0 Å². The molecular weight excluding hydrogens is 454 g/mol. The van der Waals surface area contributed by atoms with Crippen molar-refractivity contribution in [1.82, 2.24) is 24.7 Å². The molecule has 0 aliphatic rings. The lowest BCUT2D eigenvalue weighted by atomic mass is 10.2. The van der Waals surface area contributed by atoms with Gasteiger partial charge in [-0.25, -0.2) is 9.97 Å². The highest BCUT2D eigenvalue weighted by Crippen LogP contribution is 2.34. The largest absolute Gasteiger partial charge is 0.496 e. The minimum Gasteiger partial charge on any atom is -0.496 e. The molecule has 8 heteroatoms. The Morgan fingerprint density at radius 2 is 1.58 bits per heavy atom. The van der Waals surface area contributed by atoms with Gasteiger partial charge in [-0.1, -0.05) is 47.6 Å². The normalized spacial score (nSPS) is 11.1. The summed E-state index contributed by atoms with van der Waals surface area (Å²) in [6.45, 7) is 1.99. The number of para-hydroxylation sites is 3. The number of rotatable bonds is 6. The summed E-state index contributed by atoms with van der Waals surface area (Å²) in [7, 11) is 1.65. The third kappa shape index (κ3) is 4.29. The van der Waals surface area contributed by atoms with E-state index in [2.05, 4.69) is 10.2 Å². The van der Waals surface area contributed by atoms with Gasteiger partial charge in [0, 0.05) is 16.5 Å². The van der Waals surface area contributed by atoms with E-state index in [0.717, 1.165) is 44.6 Å². The molecule has 2 heterocycles. The Hall–Kier alpha value is -3.42. The molecule has 0 saturated carbocycles. The van der Waals surface area contributed by atoms with Crippen LogP contribution in [-0.2, 0) is 5.75 Å². The second kappa shape index (κ2) is 9.21. The van der Waals surface area contributed by atoms with Gasteiger partial charge in [0.2, 0.25) is 0 Å². The molecule has 3 aromatic carbocycles. The molecule has 0 aliphatic carbocycles. The molecule has 164 valence electrons. The van der Waals surface area contributed by atoms with E-state index in [4.69, 9.17) is 26.3 Å². The molecule has 6 nitrogen and oxygen atoms in total. The molecule has 0 atom stereocenters. The van der Waals surface area contributed by atoms with E-state index >= 15 is 0 Å². The van der Waals surface area contributed by atoms with E-state index < -0.39 is 0 Å². The summed E-state index contributed by atoms with van der Waals surface area (Å²) < 4.78 is 7.59. The monoisotopic (exact) mass is 473 g/mol. The summed E-state index contributed by atoms with van der Waals surface area (Å²) >= 11 is 7.71. The van der Waals surface area contributed by atoms with Gasteiger partial charge < -0.3 is 4.74 Å². The molecular formula is C25H20ClN5OS. The Balaban J connectivity index is 1.56. The van der Waals surface area contributed by atoms with Crippen LogP contribution in [0.25, 0.3) is 28.1 Å². The maximum absolute atomic E-state index is 6.14. The maximum Gasteiger partial charge on any atom is 0.196 e. The Bertz CT molecular complexity index is 1430. The number of benzene rings is 3. The lowest BCUT2D eigenvalue weighted by Crippen LogP contribution is -2.02. The number of hydrogen-bond donors (Lipinski definition) is 0. The van der Waals surface area contributed by atoms with Gasteiger partial charge in [0.15, 0.2) is 11.0 Å². The van der Waals surface area contributed by atoms with Gasteiger partial charge in [-0.3, -0.25) is 4.57 Å². The Labute approximate surface area is 200 Å². The summed E-state index contributed by atoms with van der Waals surface area (Å²) in [6, 6.07) is 23.3. The van der Waals surface area contributed by atoms with Crippen molar-refractivity contribution in [2.75, 3.05) is 7.11 Å². The molecule has 5 aromatic rings. The SMILES string of the molecule is COc1ccccc1-c1nnc(SCc2nc3ccccc3nc2C)n1-c1ccc(Cl)cc1. The zero-order chi connectivity index (χ0) is 22.8. The quantitative estimate of drug-likeness (QED) is 0.276. The minimum atomic E-state index is 0.612. The van der Waals surface area contributed by atoms with E-state index in [1.54, 1.807) is 18.9 Å². The van der Waals surface area contributed by atoms with Crippen molar-refractivity contribution in [1.29, 1.82) is 0 Å². The predicted molar refractivity (Wildman–Crippen MR) is 132 cm³/mol. The standard InChI is InChI=1S/C25H20ClN5OS/c1-16-22(28-21-9-5-4-8-20(21)27-16)15-33-25-30-29-24(19-7-3-6-10-23(19)32-2)31(25)18-13-11-17(26)12-14-18/h3-14H,15H2,1-2H3. The fraction of sp³-hybridized carbons (Fsp3) is 0.120. The number of methoxy groups -OCH3 is 1. The zero-order valence-electron chi connectivity index (χ0n) is 18.1. The second-order valence-corrected chi connectivity index (χ2v) is 8.73. The summed E-state index contributed by atoms with van der Waals surface area (Å²) in [5, 5.41) is 10.4. The predicted octanol–water partition coefficient (Wildman–Crippen LogP) is 6.14. The van der Waals surface area contributed by atoms with E-state index in [9.17, 15) is 0 Å². The number of fused-ring (bicyclic) bond motifs is 1. The summed E-state index contributed by atoms with van der Waals surface area (Å²) in [5.41, 5.74) is 5.37. The average Bonchev–Trinajstić information content (AvgIpc) is 3.27. The van der Waals surface area contributed by atoms with E-state index in [1.165, 1.54) is 0 Å². The second-order valence-electron chi connectivity index (χ2n) is 7.35. The topological polar surface area (TPSA) is 65.7 Å². The number of hydrogen-bond acceptors (Lipinski definition) is 6. The highest BCUT2D eigenvalue weighted by Gasteiger charge is 2.19. The molecule has 2 aromatic heterocycles. The summed E-state index contributed by atoms with van der Waals surface area (Å²) in [4.78, 5) is 9.52. The van der Waals surface area contributed by atoms with E-state index in [0.29, 0.717) is 16.6 Å². The fourth-order valence-corrected chi connectivity index (χ4v) is 4.67. The van der Waals surface area contributed by atoms with Gasteiger partial charge in [0.1, 0.15) is 5.75 Å². The van der Waals surface area contributed by atoms with E-state index in [-0.39, 0.29) is 0 Å². The van der Waals surface area contributed by atoms with Crippen molar-refractivity contribution < 1.29 is 4.74 Å². The smallest absolute Gasteiger partial charge is 0.196 e. The van der Waals surface area contributed by atoms with Crippen molar-refractivity contribution in [3.63, 3.8) is 0 Å². The van der Waals surface area contributed by atoms with Gasteiger partial charge in [0.25, 0.3) is 0 Å². The first-order chi connectivity index (χ1) is 16.1. The molecule has 0 spiro atoms. The van der Waals surface area contributed by atoms with Crippen LogP contribution in [0.3, 0.4) is 0 Å². The van der Waals surface area contributed by atoms with Gasteiger partial charge >= 0.3 is 0 Å². The number of ether oxygens (including phenoxy) is 1. The Kier molecular flexibility index (Phi) is 5.98. The van der Waals surface area contributed by atoms with Crippen molar-refractivity contribution >= 4 is 34.4 Å². The van der Waals surface area contributed by atoms with Crippen molar-refractivity contribution in [3.05, 3.63) is 89.2 Å².